The van der Waals surface area contributed by atoms with Gasteiger partial charge in [0, 0.05) is 43.1 Å². The van der Waals surface area contributed by atoms with Crippen LogP contribution in [0.5, 0.6) is 0 Å². The molecule has 0 aromatic carbocycles. The van der Waals surface area contributed by atoms with Crippen LogP contribution in [0, 0.1) is 5.41 Å². The molecule has 2 aliphatic heterocycles. The summed E-state index contributed by atoms with van der Waals surface area (Å²) in [5.74, 6) is 0. The standard InChI is InChI=1S/C13H19N3/c1-4-13(5-8-15-10-13)11-16(9-1)12-2-6-14-7-3-12/h2-3,6-7,15H,1,4-5,8-11H2. The fraction of sp³-hybridized carbons (Fsp3) is 0.615. The highest BCUT2D eigenvalue weighted by molar-refractivity contribution is 5.45. The van der Waals surface area contributed by atoms with Crippen LogP contribution in [0.15, 0.2) is 24.5 Å². The Kier molecular flexibility index (Phi) is 2.56. The highest BCUT2D eigenvalue weighted by atomic mass is 15.2. The van der Waals surface area contributed by atoms with E-state index < -0.39 is 0 Å². The Morgan fingerprint density at radius 2 is 2.12 bits per heavy atom. The molecule has 0 radical (unpaired) electrons. The summed E-state index contributed by atoms with van der Waals surface area (Å²) in [5, 5.41) is 3.52. The Balaban J connectivity index is 1.77. The molecule has 0 amide bonds. The minimum atomic E-state index is 0.543. The summed E-state index contributed by atoms with van der Waals surface area (Å²) in [6.07, 6.45) is 7.84. The molecule has 3 heterocycles. The van der Waals surface area contributed by atoms with Gasteiger partial charge in [0.15, 0.2) is 0 Å². The first kappa shape index (κ1) is 10.1. The molecule has 2 fully saturated rings. The van der Waals surface area contributed by atoms with Crippen molar-refractivity contribution in [3.8, 4) is 0 Å². The second kappa shape index (κ2) is 4.06. The van der Waals surface area contributed by atoms with Crippen LogP contribution in [0.1, 0.15) is 19.3 Å². The van der Waals surface area contributed by atoms with Crippen molar-refractivity contribution in [3.05, 3.63) is 24.5 Å². The Hall–Kier alpha value is -1.09. The van der Waals surface area contributed by atoms with Gasteiger partial charge in [0.05, 0.1) is 0 Å². The van der Waals surface area contributed by atoms with Crippen molar-refractivity contribution in [1.29, 1.82) is 0 Å². The number of pyridine rings is 1. The van der Waals surface area contributed by atoms with Crippen molar-refractivity contribution in [2.75, 3.05) is 31.1 Å². The summed E-state index contributed by atoms with van der Waals surface area (Å²) in [5.41, 5.74) is 1.88. The lowest BCUT2D eigenvalue weighted by molar-refractivity contribution is 0.261. The second-order valence-corrected chi connectivity index (χ2v) is 5.16. The monoisotopic (exact) mass is 217 g/mol. The molecule has 0 bridgehead atoms. The van der Waals surface area contributed by atoms with E-state index in [1.165, 1.54) is 51.1 Å². The van der Waals surface area contributed by atoms with Crippen LogP contribution in [0.2, 0.25) is 0 Å². The lowest BCUT2D eigenvalue weighted by Gasteiger charge is -2.41. The zero-order valence-corrected chi connectivity index (χ0v) is 9.65. The Labute approximate surface area is 96.9 Å². The Bertz CT molecular complexity index is 343. The smallest absolute Gasteiger partial charge is 0.0397 e. The molecule has 1 N–H and O–H groups in total. The van der Waals surface area contributed by atoms with Crippen LogP contribution in [0.25, 0.3) is 0 Å². The van der Waals surface area contributed by atoms with Crippen LogP contribution in [0.3, 0.4) is 0 Å². The van der Waals surface area contributed by atoms with Gasteiger partial charge in [0.1, 0.15) is 0 Å². The third-order valence-electron chi connectivity index (χ3n) is 4.02. The predicted molar refractivity (Wildman–Crippen MR) is 65.6 cm³/mol. The van der Waals surface area contributed by atoms with Gasteiger partial charge in [-0.25, -0.2) is 0 Å². The van der Waals surface area contributed by atoms with Gasteiger partial charge in [-0.15, -0.1) is 0 Å². The molecular weight excluding hydrogens is 198 g/mol. The van der Waals surface area contributed by atoms with Crippen LogP contribution < -0.4 is 10.2 Å². The summed E-state index contributed by atoms with van der Waals surface area (Å²) < 4.78 is 0. The van der Waals surface area contributed by atoms with E-state index in [4.69, 9.17) is 0 Å². The Morgan fingerprint density at radius 1 is 1.25 bits per heavy atom. The number of piperidine rings is 1. The predicted octanol–water partition coefficient (Wildman–Crippen LogP) is 1.66. The third kappa shape index (κ3) is 1.80. The first-order chi connectivity index (χ1) is 7.88. The fourth-order valence-electron chi connectivity index (χ4n) is 3.13. The Morgan fingerprint density at radius 3 is 2.88 bits per heavy atom. The molecule has 1 aromatic rings. The van der Waals surface area contributed by atoms with Gasteiger partial charge in [0.25, 0.3) is 0 Å². The quantitative estimate of drug-likeness (QED) is 0.775. The molecule has 0 saturated carbocycles. The van der Waals surface area contributed by atoms with E-state index in [0.717, 1.165) is 0 Å². The maximum absolute atomic E-state index is 4.09. The fourth-order valence-corrected chi connectivity index (χ4v) is 3.13. The highest BCUT2D eigenvalue weighted by Crippen LogP contribution is 2.36. The van der Waals surface area contributed by atoms with Crippen molar-refractivity contribution in [2.45, 2.75) is 19.3 Å². The first-order valence-corrected chi connectivity index (χ1v) is 6.24. The van der Waals surface area contributed by atoms with Gasteiger partial charge in [-0.1, -0.05) is 0 Å². The van der Waals surface area contributed by atoms with Crippen molar-refractivity contribution in [3.63, 3.8) is 0 Å². The maximum atomic E-state index is 4.09. The molecule has 86 valence electrons. The number of rotatable bonds is 1. The van der Waals surface area contributed by atoms with Crippen molar-refractivity contribution in [1.82, 2.24) is 10.3 Å². The number of nitrogens with zero attached hydrogens (tertiary/aromatic N) is 2. The number of nitrogens with one attached hydrogen (secondary N) is 1. The summed E-state index contributed by atoms with van der Waals surface area (Å²) >= 11 is 0. The average molecular weight is 217 g/mol. The molecule has 1 aromatic heterocycles. The van der Waals surface area contributed by atoms with Gasteiger partial charge in [-0.3, -0.25) is 4.98 Å². The van der Waals surface area contributed by atoms with E-state index in [9.17, 15) is 0 Å². The summed E-state index contributed by atoms with van der Waals surface area (Å²) in [7, 11) is 0. The zero-order chi connectivity index (χ0) is 10.8. The lowest BCUT2D eigenvalue weighted by atomic mass is 9.79. The zero-order valence-electron chi connectivity index (χ0n) is 9.65. The van der Waals surface area contributed by atoms with Crippen LogP contribution in [-0.4, -0.2) is 31.2 Å². The van der Waals surface area contributed by atoms with Crippen molar-refractivity contribution in [2.24, 2.45) is 5.41 Å². The lowest BCUT2D eigenvalue weighted by Crippen LogP contribution is -2.44. The van der Waals surface area contributed by atoms with Crippen molar-refractivity contribution >= 4 is 5.69 Å². The first-order valence-electron chi connectivity index (χ1n) is 6.24. The summed E-state index contributed by atoms with van der Waals surface area (Å²) in [6, 6.07) is 4.25. The summed E-state index contributed by atoms with van der Waals surface area (Å²) in [6.45, 7) is 4.81. The minimum absolute atomic E-state index is 0.543. The van der Waals surface area contributed by atoms with Gasteiger partial charge in [-0.05, 0) is 37.9 Å². The molecule has 0 aliphatic carbocycles. The highest BCUT2D eigenvalue weighted by Gasteiger charge is 2.37. The SMILES string of the molecule is c1cc(N2CCCC3(CCNC3)C2)ccn1. The number of anilines is 1. The molecule has 3 nitrogen and oxygen atoms in total. The van der Waals surface area contributed by atoms with Gasteiger partial charge >= 0.3 is 0 Å². The van der Waals surface area contributed by atoms with E-state index in [1.807, 2.05) is 12.4 Å². The molecular formula is C13H19N3. The van der Waals surface area contributed by atoms with Crippen LogP contribution in [-0.2, 0) is 0 Å². The minimum Gasteiger partial charge on any atom is -0.371 e. The molecule has 16 heavy (non-hydrogen) atoms. The largest absolute Gasteiger partial charge is 0.371 e. The van der Waals surface area contributed by atoms with Crippen LogP contribution >= 0.6 is 0 Å². The molecule has 1 unspecified atom stereocenters. The van der Waals surface area contributed by atoms with Gasteiger partial charge < -0.3 is 10.2 Å². The molecule has 2 aliphatic rings. The topological polar surface area (TPSA) is 28.2 Å². The number of hydrogen-bond donors (Lipinski definition) is 1. The molecule has 1 spiro atoms. The second-order valence-electron chi connectivity index (χ2n) is 5.16. The molecule has 3 rings (SSSR count). The van der Waals surface area contributed by atoms with E-state index in [2.05, 4.69) is 27.3 Å². The van der Waals surface area contributed by atoms with E-state index in [-0.39, 0.29) is 0 Å². The average Bonchev–Trinajstić information content (AvgIpc) is 2.78. The van der Waals surface area contributed by atoms with Crippen molar-refractivity contribution < 1.29 is 0 Å². The molecule has 1 atom stereocenters. The van der Waals surface area contributed by atoms with Gasteiger partial charge in [-0.2, -0.15) is 0 Å². The number of hydrogen-bond acceptors (Lipinski definition) is 3. The van der Waals surface area contributed by atoms with E-state index >= 15 is 0 Å². The summed E-state index contributed by atoms with van der Waals surface area (Å²) in [4.78, 5) is 6.62. The van der Waals surface area contributed by atoms with Crippen LogP contribution in [0.4, 0.5) is 5.69 Å². The normalized spacial score (nSPS) is 29.9. The molecule has 2 saturated heterocycles. The molecule has 3 heteroatoms. The maximum Gasteiger partial charge on any atom is 0.0397 e. The van der Waals surface area contributed by atoms with E-state index in [1.54, 1.807) is 0 Å². The van der Waals surface area contributed by atoms with E-state index in [0.29, 0.717) is 5.41 Å². The van der Waals surface area contributed by atoms with Gasteiger partial charge in [0.2, 0.25) is 0 Å². The number of aromatic nitrogens is 1. The third-order valence-corrected chi connectivity index (χ3v) is 4.02.